The molecule has 1 aliphatic rings. The topological polar surface area (TPSA) is 44.7 Å². The lowest BCUT2D eigenvalue weighted by atomic mass is 10.1. The molecule has 1 aromatic rings. The molecule has 0 spiro atoms. The van der Waals surface area contributed by atoms with Gasteiger partial charge >= 0.3 is 0 Å². The SMILES string of the molecule is O=C(CN1CCCCCCC1)N/N=C/c1cccc(Cl)c1Cl. The molecule has 6 heteroatoms. The lowest BCUT2D eigenvalue weighted by Gasteiger charge is -2.23. The molecule has 0 unspecified atom stereocenters. The van der Waals surface area contributed by atoms with Gasteiger partial charge in [0.2, 0.25) is 0 Å². The molecule has 1 amide bonds. The largest absolute Gasteiger partial charge is 0.294 e. The van der Waals surface area contributed by atoms with Crippen molar-refractivity contribution in [3.05, 3.63) is 33.8 Å². The Morgan fingerprint density at radius 1 is 1.18 bits per heavy atom. The van der Waals surface area contributed by atoms with Crippen LogP contribution in [0.1, 0.15) is 37.7 Å². The lowest BCUT2D eigenvalue weighted by Crippen LogP contribution is -2.37. The summed E-state index contributed by atoms with van der Waals surface area (Å²) in [7, 11) is 0. The van der Waals surface area contributed by atoms with E-state index in [4.69, 9.17) is 23.2 Å². The van der Waals surface area contributed by atoms with E-state index in [1.807, 2.05) is 0 Å². The van der Waals surface area contributed by atoms with E-state index in [2.05, 4.69) is 15.4 Å². The van der Waals surface area contributed by atoms with Crippen molar-refractivity contribution in [2.75, 3.05) is 19.6 Å². The van der Waals surface area contributed by atoms with Crippen LogP contribution >= 0.6 is 23.2 Å². The zero-order valence-electron chi connectivity index (χ0n) is 12.5. The molecule has 2 rings (SSSR count). The van der Waals surface area contributed by atoms with Crippen LogP contribution in [0.5, 0.6) is 0 Å². The first kappa shape index (κ1) is 17.3. The normalized spacial score (nSPS) is 17.2. The van der Waals surface area contributed by atoms with Gasteiger partial charge in [0.25, 0.3) is 5.91 Å². The van der Waals surface area contributed by atoms with Crippen LogP contribution in [0.3, 0.4) is 0 Å². The van der Waals surface area contributed by atoms with E-state index in [9.17, 15) is 4.79 Å². The van der Waals surface area contributed by atoms with Gasteiger partial charge in [-0.15, -0.1) is 0 Å². The third-order valence-electron chi connectivity index (χ3n) is 3.69. The maximum atomic E-state index is 11.9. The zero-order chi connectivity index (χ0) is 15.8. The summed E-state index contributed by atoms with van der Waals surface area (Å²) in [6.07, 6.45) is 7.65. The maximum absolute atomic E-state index is 11.9. The van der Waals surface area contributed by atoms with Crippen molar-refractivity contribution in [2.45, 2.75) is 32.1 Å². The molecule has 0 bridgehead atoms. The molecule has 1 heterocycles. The Morgan fingerprint density at radius 2 is 1.86 bits per heavy atom. The summed E-state index contributed by atoms with van der Waals surface area (Å²) in [5, 5.41) is 4.86. The number of hydrogen-bond donors (Lipinski definition) is 1. The van der Waals surface area contributed by atoms with Gasteiger partial charge in [0.1, 0.15) is 0 Å². The van der Waals surface area contributed by atoms with Gasteiger partial charge in [-0.3, -0.25) is 9.69 Å². The third-order valence-corrected chi connectivity index (χ3v) is 4.52. The van der Waals surface area contributed by atoms with Crippen LogP contribution in [-0.2, 0) is 4.79 Å². The van der Waals surface area contributed by atoms with Gasteiger partial charge in [-0.1, -0.05) is 54.6 Å². The van der Waals surface area contributed by atoms with Gasteiger partial charge in [0.15, 0.2) is 0 Å². The third kappa shape index (κ3) is 5.59. The Morgan fingerprint density at radius 3 is 2.59 bits per heavy atom. The minimum absolute atomic E-state index is 0.102. The molecule has 0 aliphatic carbocycles. The molecular weight excluding hydrogens is 321 g/mol. The number of nitrogens with zero attached hydrogens (tertiary/aromatic N) is 2. The predicted octanol–water partition coefficient (Wildman–Crippen LogP) is 3.71. The van der Waals surface area contributed by atoms with Crippen LogP contribution in [0.2, 0.25) is 10.0 Å². The quantitative estimate of drug-likeness (QED) is 0.670. The second-order valence-corrected chi connectivity index (χ2v) is 6.27. The number of halogens is 2. The predicted molar refractivity (Wildman–Crippen MR) is 91.7 cm³/mol. The monoisotopic (exact) mass is 341 g/mol. The number of rotatable bonds is 4. The molecule has 1 N–H and O–H groups in total. The Labute approximate surface area is 141 Å². The summed E-state index contributed by atoms with van der Waals surface area (Å²) in [4.78, 5) is 14.1. The molecule has 1 aliphatic heterocycles. The van der Waals surface area contributed by atoms with E-state index < -0.39 is 0 Å². The van der Waals surface area contributed by atoms with Crippen molar-refractivity contribution in [3.8, 4) is 0 Å². The summed E-state index contributed by atoms with van der Waals surface area (Å²) in [6, 6.07) is 5.29. The molecule has 0 radical (unpaired) electrons. The molecule has 22 heavy (non-hydrogen) atoms. The van der Waals surface area contributed by atoms with Gasteiger partial charge in [-0.2, -0.15) is 5.10 Å². The Balaban J connectivity index is 1.81. The second kappa shape index (κ2) is 9.13. The molecule has 0 atom stereocenters. The van der Waals surface area contributed by atoms with Crippen LogP contribution in [0.15, 0.2) is 23.3 Å². The first-order valence-electron chi connectivity index (χ1n) is 7.65. The Bertz CT molecular complexity index is 526. The average molecular weight is 342 g/mol. The van der Waals surface area contributed by atoms with Crippen molar-refractivity contribution in [1.29, 1.82) is 0 Å². The van der Waals surface area contributed by atoms with Crippen molar-refractivity contribution in [2.24, 2.45) is 5.10 Å². The van der Waals surface area contributed by atoms with Gasteiger partial charge in [-0.25, -0.2) is 5.43 Å². The fraction of sp³-hybridized carbons (Fsp3) is 0.500. The van der Waals surface area contributed by atoms with Gasteiger partial charge in [0, 0.05) is 5.56 Å². The van der Waals surface area contributed by atoms with E-state index in [0.717, 1.165) is 25.9 Å². The minimum atomic E-state index is -0.102. The fourth-order valence-electron chi connectivity index (χ4n) is 2.50. The zero-order valence-corrected chi connectivity index (χ0v) is 14.0. The highest BCUT2D eigenvalue weighted by atomic mass is 35.5. The fourth-order valence-corrected chi connectivity index (χ4v) is 2.86. The van der Waals surface area contributed by atoms with Crippen LogP contribution in [0.25, 0.3) is 0 Å². The van der Waals surface area contributed by atoms with E-state index in [0.29, 0.717) is 22.2 Å². The maximum Gasteiger partial charge on any atom is 0.254 e. The number of hydrazone groups is 1. The number of benzene rings is 1. The number of nitrogens with one attached hydrogen (secondary N) is 1. The first-order chi connectivity index (χ1) is 10.7. The molecule has 0 saturated carbocycles. The molecule has 4 nitrogen and oxygen atoms in total. The van der Waals surface area contributed by atoms with E-state index >= 15 is 0 Å². The highest BCUT2D eigenvalue weighted by Crippen LogP contribution is 2.24. The van der Waals surface area contributed by atoms with Gasteiger partial charge in [0.05, 0.1) is 22.8 Å². The molecule has 1 saturated heterocycles. The highest BCUT2D eigenvalue weighted by molar-refractivity contribution is 6.43. The van der Waals surface area contributed by atoms with E-state index in [1.165, 1.54) is 25.5 Å². The summed E-state index contributed by atoms with van der Waals surface area (Å²) >= 11 is 12.0. The van der Waals surface area contributed by atoms with E-state index in [-0.39, 0.29) is 5.91 Å². The van der Waals surface area contributed by atoms with Crippen molar-refractivity contribution < 1.29 is 4.79 Å². The van der Waals surface area contributed by atoms with Crippen LogP contribution in [0, 0.1) is 0 Å². The molecular formula is C16H21Cl2N3O. The molecule has 1 fully saturated rings. The Kier molecular flexibility index (Phi) is 7.16. The smallest absolute Gasteiger partial charge is 0.254 e. The van der Waals surface area contributed by atoms with Crippen molar-refractivity contribution in [1.82, 2.24) is 10.3 Å². The van der Waals surface area contributed by atoms with Gasteiger partial charge in [-0.05, 0) is 32.0 Å². The van der Waals surface area contributed by atoms with Crippen molar-refractivity contribution in [3.63, 3.8) is 0 Å². The number of amides is 1. The summed E-state index contributed by atoms with van der Waals surface area (Å²) in [5.41, 5.74) is 3.23. The molecule has 0 aromatic heterocycles. The number of carbonyl (C=O) groups excluding carboxylic acids is 1. The summed E-state index contributed by atoms with van der Waals surface area (Å²) in [5.74, 6) is -0.102. The van der Waals surface area contributed by atoms with Crippen LogP contribution < -0.4 is 5.43 Å². The minimum Gasteiger partial charge on any atom is -0.294 e. The second-order valence-electron chi connectivity index (χ2n) is 5.48. The van der Waals surface area contributed by atoms with Crippen molar-refractivity contribution >= 4 is 35.3 Å². The van der Waals surface area contributed by atoms with Crippen LogP contribution in [-0.4, -0.2) is 36.7 Å². The summed E-state index contributed by atoms with van der Waals surface area (Å²) < 4.78 is 0. The number of carbonyl (C=O) groups is 1. The molecule has 1 aromatic carbocycles. The lowest BCUT2D eigenvalue weighted by molar-refractivity contribution is -0.122. The highest BCUT2D eigenvalue weighted by Gasteiger charge is 2.11. The summed E-state index contributed by atoms with van der Waals surface area (Å²) in [6.45, 7) is 2.36. The average Bonchev–Trinajstić information content (AvgIpc) is 2.46. The standard InChI is InChI=1S/C16H21Cl2N3O/c17-14-8-6-7-13(16(14)18)11-19-20-15(22)12-21-9-4-2-1-3-5-10-21/h6-8,11H,1-5,9-10,12H2,(H,20,22)/b19-11+. The van der Waals surface area contributed by atoms with Gasteiger partial charge < -0.3 is 0 Å². The molecule has 120 valence electrons. The first-order valence-corrected chi connectivity index (χ1v) is 8.40. The number of hydrogen-bond acceptors (Lipinski definition) is 3. The van der Waals surface area contributed by atoms with Crippen LogP contribution in [0.4, 0.5) is 0 Å². The number of likely N-dealkylation sites (tertiary alicyclic amines) is 1. The van der Waals surface area contributed by atoms with E-state index in [1.54, 1.807) is 18.2 Å². The Hall–Kier alpha value is -1.10.